The fourth-order valence-corrected chi connectivity index (χ4v) is 1.98. The molecule has 0 fully saturated rings. The van der Waals surface area contributed by atoms with Gasteiger partial charge in [0, 0.05) is 0 Å². The van der Waals surface area contributed by atoms with E-state index < -0.39 is 5.69 Å². The molecule has 0 saturated carbocycles. The van der Waals surface area contributed by atoms with Crippen LogP contribution in [0.3, 0.4) is 0 Å². The number of hydrogen-bond donors (Lipinski definition) is 2. The number of H-pyrrole nitrogens is 1. The Labute approximate surface area is 146 Å². The maximum atomic E-state index is 11.2. The first-order valence-electron chi connectivity index (χ1n) is 8.26. The quantitative estimate of drug-likeness (QED) is 0.411. The van der Waals surface area contributed by atoms with Crippen molar-refractivity contribution in [2.75, 3.05) is 18.6 Å². The van der Waals surface area contributed by atoms with Gasteiger partial charge in [0.2, 0.25) is 0 Å². The Hall–Kier alpha value is -2.90. The van der Waals surface area contributed by atoms with Gasteiger partial charge in [-0.2, -0.15) is 15.2 Å². The number of aromatic amines is 1. The van der Waals surface area contributed by atoms with Crippen LogP contribution >= 0.6 is 0 Å². The first kappa shape index (κ1) is 18.4. The number of unbranched alkanes of at least 4 members (excludes halogenated alkanes) is 1. The first-order valence-corrected chi connectivity index (χ1v) is 8.26. The maximum absolute atomic E-state index is 11.2. The highest BCUT2D eigenvalue weighted by molar-refractivity contribution is 5.81. The van der Waals surface area contributed by atoms with E-state index in [-0.39, 0.29) is 0 Å². The van der Waals surface area contributed by atoms with Gasteiger partial charge in [0.15, 0.2) is 17.3 Å². The van der Waals surface area contributed by atoms with Crippen molar-refractivity contribution in [1.82, 2.24) is 15.2 Å². The van der Waals surface area contributed by atoms with E-state index in [4.69, 9.17) is 9.47 Å². The minimum absolute atomic E-state index is 0.310. The number of nitrogens with one attached hydrogen (secondary N) is 2. The van der Waals surface area contributed by atoms with Crippen LogP contribution in [0.15, 0.2) is 28.1 Å². The molecule has 0 saturated heterocycles. The van der Waals surface area contributed by atoms with E-state index in [9.17, 15) is 4.79 Å². The molecular formula is C17H23N5O3. The molecule has 0 radical (unpaired) electrons. The van der Waals surface area contributed by atoms with Crippen molar-refractivity contribution in [1.29, 1.82) is 0 Å². The molecule has 2 N–H and O–H groups in total. The SMILES string of the molecule is CCCCOc1ccc(C=NNc2nc(=O)[nH]nc2C)cc1OCC. The Kier molecular flexibility index (Phi) is 6.94. The van der Waals surface area contributed by atoms with Crippen molar-refractivity contribution in [3.63, 3.8) is 0 Å². The first-order chi connectivity index (χ1) is 12.1. The smallest absolute Gasteiger partial charge is 0.363 e. The van der Waals surface area contributed by atoms with Crippen LogP contribution in [0.4, 0.5) is 5.82 Å². The van der Waals surface area contributed by atoms with Crippen LogP contribution in [0.2, 0.25) is 0 Å². The summed E-state index contributed by atoms with van der Waals surface area (Å²) in [7, 11) is 0. The van der Waals surface area contributed by atoms with E-state index in [0.717, 1.165) is 24.2 Å². The van der Waals surface area contributed by atoms with Gasteiger partial charge in [-0.3, -0.25) is 5.43 Å². The Morgan fingerprint density at radius 2 is 2.12 bits per heavy atom. The van der Waals surface area contributed by atoms with Gasteiger partial charge in [-0.05, 0) is 44.0 Å². The van der Waals surface area contributed by atoms with Crippen molar-refractivity contribution in [2.24, 2.45) is 5.10 Å². The molecule has 2 aromatic rings. The standard InChI is InChI=1S/C17H23N5O3/c1-4-6-9-25-14-8-7-13(10-15(14)24-5-2)11-18-21-16-12(3)20-22-17(23)19-16/h7-8,10-11H,4-6,9H2,1-3H3,(H2,19,21,22,23). The van der Waals surface area contributed by atoms with E-state index in [2.05, 4.69) is 32.6 Å². The maximum Gasteiger partial charge on any atom is 0.363 e. The normalized spacial score (nSPS) is 10.8. The van der Waals surface area contributed by atoms with Gasteiger partial charge in [-0.1, -0.05) is 13.3 Å². The molecule has 0 aliphatic carbocycles. The van der Waals surface area contributed by atoms with E-state index in [1.165, 1.54) is 0 Å². The number of nitrogens with zero attached hydrogens (tertiary/aromatic N) is 3. The van der Waals surface area contributed by atoms with Gasteiger partial charge in [-0.25, -0.2) is 9.89 Å². The summed E-state index contributed by atoms with van der Waals surface area (Å²) in [5.74, 6) is 1.70. The molecule has 0 spiro atoms. The summed E-state index contributed by atoms with van der Waals surface area (Å²) in [5, 5.41) is 10.2. The number of rotatable bonds is 9. The highest BCUT2D eigenvalue weighted by Gasteiger charge is 2.06. The van der Waals surface area contributed by atoms with Gasteiger partial charge in [0.25, 0.3) is 0 Å². The van der Waals surface area contributed by atoms with Crippen molar-refractivity contribution >= 4 is 12.0 Å². The lowest BCUT2D eigenvalue weighted by Gasteiger charge is -2.12. The lowest BCUT2D eigenvalue weighted by atomic mass is 10.2. The minimum Gasteiger partial charge on any atom is -0.490 e. The summed E-state index contributed by atoms with van der Waals surface area (Å²) >= 11 is 0. The van der Waals surface area contributed by atoms with Crippen molar-refractivity contribution in [3.8, 4) is 11.5 Å². The largest absolute Gasteiger partial charge is 0.490 e. The van der Waals surface area contributed by atoms with E-state index in [1.807, 2.05) is 25.1 Å². The third-order valence-electron chi connectivity index (χ3n) is 3.28. The van der Waals surface area contributed by atoms with Crippen LogP contribution in [0.25, 0.3) is 0 Å². The second-order valence-electron chi connectivity index (χ2n) is 5.29. The number of aryl methyl sites for hydroxylation is 1. The molecule has 134 valence electrons. The molecule has 8 heteroatoms. The average Bonchev–Trinajstić information content (AvgIpc) is 2.60. The molecule has 25 heavy (non-hydrogen) atoms. The number of aromatic nitrogens is 3. The topological polar surface area (TPSA) is 101 Å². The van der Waals surface area contributed by atoms with Crippen LogP contribution < -0.4 is 20.6 Å². The molecule has 0 amide bonds. The lowest BCUT2D eigenvalue weighted by molar-refractivity contribution is 0.272. The summed E-state index contributed by atoms with van der Waals surface area (Å²) in [6, 6.07) is 5.60. The van der Waals surface area contributed by atoms with Crippen LogP contribution in [-0.2, 0) is 0 Å². The van der Waals surface area contributed by atoms with E-state index >= 15 is 0 Å². The summed E-state index contributed by atoms with van der Waals surface area (Å²) in [6.45, 7) is 6.96. The summed E-state index contributed by atoms with van der Waals surface area (Å²) in [5.41, 5.74) is 3.56. The van der Waals surface area contributed by atoms with E-state index in [0.29, 0.717) is 30.5 Å². The number of hydrogen-bond acceptors (Lipinski definition) is 7. The molecule has 1 aromatic heterocycles. The van der Waals surface area contributed by atoms with Gasteiger partial charge in [0.05, 0.1) is 19.4 Å². The van der Waals surface area contributed by atoms with Crippen molar-refractivity contribution < 1.29 is 9.47 Å². The Balaban J connectivity index is 2.09. The van der Waals surface area contributed by atoms with E-state index in [1.54, 1.807) is 13.1 Å². The monoisotopic (exact) mass is 345 g/mol. The fraction of sp³-hybridized carbons (Fsp3) is 0.412. The molecule has 0 unspecified atom stereocenters. The lowest BCUT2D eigenvalue weighted by Crippen LogP contribution is -2.15. The Bertz CT molecular complexity index is 773. The highest BCUT2D eigenvalue weighted by atomic mass is 16.5. The Morgan fingerprint density at radius 1 is 1.28 bits per heavy atom. The molecule has 2 rings (SSSR count). The molecule has 1 heterocycles. The number of anilines is 1. The number of benzene rings is 1. The van der Waals surface area contributed by atoms with Gasteiger partial charge in [0.1, 0.15) is 5.69 Å². The highest BCUT2D eigenvalue weighted by Crippen LogP contribution is 2.28. The molecule has 0 aliphatic rings. The predicted octanol–water partition coefficient (Wildman–Crippen LogP) is 2.50. The van der Waals surface area contributed by atoms with Gasteiger partial charge in [-0.15, -0.1) is 0 Å². The molecule has 0 bridgehead atoms. The molecule has 0 atom stereocenters. The van der Waals surface area contributed by atoms with Crippen molar-refractivity contribution in [3.05, 3.63) is 39.9 Å². The zero-order valence-electron chi connectivity index (χ0n) is 14.7. The molecule has 1 aromatic carbocycles. The van der Waals surface area contributed by atoms with Crippen molar-refractivity contribution in [2.45, 2.75) is 33.6 Å². The summed E-state index contributed by atoms with van der Waals surface area (Å²) < 4.78 is 11.4. The average molecular weight is 345 g/mol. The third kappa shape index (κ3) is 5.59. The van der Waals surface area contributed by atoms with Crippen LogP contribution in [0, 0.1) is 6.92 Å². The van der Waals surface area contributed by atoms with Gasteiger partial charge >= 0.3 is 5.69 Å². The second kappa shape index (κ2) is 9.41. The summed E-state index contributed by atoms with van der Waals surface area (Å²) in [6.07, 6.45) is 3.68. The molecular weight excluding hydrogens is 322 g/mol. The van der Waals surface area contributed by atoms with Crippen LogP contribution in [0.5, 0.6) is 11.5 Å². The molecule has 8 nitrogen and oxygen atoms in total. The minimum atomic E-state index is -0.532. The Morgan fingerprint density at radius 3 is 2.88 bits per heavy atom. The zero-order chi connectivity index (χ0) is 18.1. The zero-order valence-corrected chi connectivity index (χ0v) is 14.7. The molecule has 0 aliphatic heterocycles. The van der Waals surface area contributed by atoms with Crippen LogP contribution in [0.1, 0.15) is 37.9 Å². The predicted molar refractivity (Wildman–Crippen MR) is 96.6 cm³/mol. The van der Waals surface area contributed by atoms with Crippen LogP contribution in [-0.4, -0.2) is 34.6 Å². The number of hydrazone groups is 1. The van der Waals surface area contributed by atoms with Gasteiger partial charge < -0.3 is 9.47 Å². The summed E-state index contributed by atoms with van der Waals surface area (Å²) in [4.78, 5) is 14.9. The number of ether oxygens (including phenoxy) is 2. The fourth-order valence-electron chi connectivity index (χ4n) is 1.98. The third-order valence-corrected chi connectivity index (χ3v) is 3.28. The second-order valence-corrected chi connectivity index (χ2v) is 5.29.